The number of guanidine groups is 1. The summed E-state index contributed by atoms with van der Waals surface area (Å²) < 4.78 is 4.02. The Labute approximate surface area is 202 Å². The first-order chi connectivity index (χ1) is 14.6. The van der Waals surface area contributed by atoms with E-state index in [2.05, 4.69) is 68.7 Å². The van der Waals surface area contributed by atoms with Crippen LogP contribution in [-0.4, -0.2) is 45.7 Å². The van der Waals surface area contributed by atoms with Crippen LogP contribution in [0.15, 0.2) is 47.6 Å². The smallest absolute Gasteiger partial charge is 0.190 e. The van der Waals surface area contributed by atoms with Gasteiger partial charge in [-0.25, -0.2) is 4.68 Å². The summed E-state index contributed by atoms with van der Waals surface area (Å²) in [7, 11) is 1.81. The zero-order chi connectivity index (χ0) is 21.3. The molecule has 0 saturated carbocycles. The van der Waals surface area contributed by atoms with Gasteiger partial charge < -0.3 is 10.6 Å². The lowest BCUT2D eigenvalue weighted by Gasteiger charge is -2.12. The number of rotatable bonds is 9. The topological polar surface area (TPSA) is 72.1 Å². The van der Waals surface area contributed by atoms with Gasteiger partial charge in [-0.15, -0.1) is 24.0 Å². The van der Waals surface area contributed by atoms with Crippen molar-refractivity contribution in [2.24, 2.45) is 4.99 Å². The second-order valence-corrected chi connectivity index (χ2v) is 7.55. The highest BCUT2D eigenvalue weighted by Crippen LogP contribution is 2.13. The Balaban J connectivity index is 0.00000341. The van der Waals surface area contributed by atoms with Gasteiger partial charge in [0.1, 0.15) is 0 Å². The molecule has 2 heterocycles. The summed E-state index contributed by atoms with van der Waals surface area (Å²) in [4.78, 5) is 4.32. The molecule has 0 spiro atoms. The molecule has 0 radical (unpaired) electrons. The Bertz CT molecular complexity index is 960. The van der Waals surface area contributed by atoms with Gasteiger partial charge in [0, 0.05) is 38.6 Å². The molecule has 0 aliphatic heterocycles. The summed E-state index contributed by atoms with van der Waals surface area (Å²) in [6.07, 6.45) is 5.14. The van der Waals surface area contributed by atoms with Gasteiger partial charge in [0.05, 0.1) is 17.1 Å². The second-order valence-electron chi connectivity index (χ2n) is 7.55. The van der Waals surface area contributed by atoms with Crippen LogP contribution < -0.4 is 10.6 Å². The van der Waals surface area contributed by atoms with Gasteiger partial charge in [-0.3, -0.25) is 9.67 Å². The Hall–Kier alpha value is -2.36. The quantitative estimate of drug-likeness (QED) is 0.189. The Morgan fingerprint density at radius 1 is 1.00 bits per heavy atom. The molecular formula is C23H34IN7. The van der Waals surface area contributed by atoms with E-state index in [-0.39, 0.29) is 24.0 Å². The fourth-order valence-corrected chi connectivity index (χ4v) is 3.50. The predicted molar refractivity (Wildman–Crippen MR) is 138 cm³/mol. The Morgan fingerprint density at radius 3 is 2.35 bits per heavy atom. The molecule has 31 heavy (non-hydrogen) atoms. The number of para-hydroxylation sites is 1. The van der Waals surface area contributed by atoms with Crippen molar-refractivity contribution in [2.45, 2.75) is 46.6 Å². The van der Waals surface area contributed by atoms with Crippen molar-refractivity contribution in [1.82, 2.24) is 30.2 Å². The molecule has 0 saturated heterocycles. The van der Waals surface area contributed by atoms with Crippen molar-refractivity contribution in [2.75, 3.05) is 20.1 Å². The number of aryl methyl sites for hydroxylation is 5. The molecule has 0 unspecified atom stereocenters. The number of aliphatic imine (C=N–C) groups is 1. The fraction of sp³-hybridized carbons (Fsp3) is 0.435. The average molecular weight is 535 g/mol. The molecule has 3 aromatic rings. The molecule has 8 heteroatoms. The van der Waals surface area contributed by atoms with Gasteiger partial charge in [-0.1, -0.05) is 18.2 Å². The lowest BCUT2D eigenvalue weighted by molar-refractivity contribution is 0.555. The average Bonchev–Trinajstić information content (AvgIpc) is 3.28. The fourth-order valence-electron chi connectivity index (χ4n) is 3.50. The van der Waals surface area contributed by atoms with Crippen LogP contribution >= 0.6 is 24.0 Å². The summed E-state index contributed by atoms with van der Waals surface area (Å²) in [5.41, 5.74) is 5.75. The maximum atomic E-state index is 4.65. The molecule has 0 aliphatic carbocycles. The van der Waals surface area contributed by atoms with Gasteiger partial charge in [-0.2, -0.15) is 10.2 Å². The van der Waals surface area contributed by atoms with E-state index >= 15 is 0 Å². The minimum Gasteiger partial charge on any atom is -0.356 e. The molecule has 0 atom stereocenters. The van der Waals surface area contributed by atoms with E-state index in [1.165, 1.54) is 11.3 Å². The molecular weight excluding hydrogens is 501 g/mol. The number of benzene rings is 1. The molecule has 2 N–H and O–H groups in total. The molecule has 2 aromatic heterocycles. The highest BCUT2D eigenvalue weighted by molar-refractivity contribution is 14.0. The van der Waals surface area contributed by atoms with Crippen molar-refractivity contribution in [3.63, 3.8) is 0 Å². The van der Waals surface area contributed by atoms with Crippen molar-refractivity contribution in [1.29, 1.82) is 0 Å². The van der Waals surface area contributed by atoms with E-state index < -0.39 is 0 Å². The number of halogens is 1. The minimum absolute atomic E-state index is 0. The van der Waals surface area contributed by atoms with Gasteiger partial charge in [0.25, 0.3) is 0 Å². The van der Waals surface area contributed by atoms with Crippen LogP contribution in [0.2, 0.25) is 0 Å². The first-order valence-electron chi connectivity index (χ1n) is 10.6. The van der Waals surface area contributed by atoms with Crippen LogP contribution in [0, 0.1) is 20.8 Å². The van der Waals surface area contributed by atoms with E-state index in [1.807, 2.05) is 36.9 Å². The molecule has 168 valence electrons. The monoisotopic (exact) mass is 535 g/mol. The standard InChI is InChI=1S/C23H33N7.HI/c1-18-16-19(2)29(27-18)15-9-14-26-23(24-4)25-13-8-10-21-17-30(28-20(21)3)22-11-6-5-7-12-22;/h5-7,11-12,16-17H,8-10,13-15H2,1-4H3,(H2,24,25,26);1H. The molecule has 0 aliphatic rings. The Kier molecular flexibility index (Phi) is 10.0. The van der Waals surface area contributed by atoms with Crippen LogP contribution in [0.4, 0.5) is 0 Å². The molecule has 0 amide bonds. The molecule has 0 bridgehead atoms. The number of hydrogen-bond donors (Lipinski definition) is 2. The van der Waals surface area contributed by atoms with Gasteiger partial charge in [0.2, 0.25) is 0 Å². The maximum Gasteiger partial charge on any atom is 0.190 e. The van der Waals surface area contributed by atoms with Crippen LogP contribution in [-0.2, 0) is 13.0 Å². The summed E-state index contributed by atoms with van der Waals surface area (Å²) in [5.74, 6) is 0.847. The second kappa shape index (κ2) is 12.5. The summed E-state index contributed by atoms with van der Waals surface area (Å²) in [5, 5.41) is 15.9. The van der Waals surface area contributed by atoms with E-state index in [0.717, 1.165) is 61.9 Å². The van der Waals surface area contributed by atoms with Crippen molar-refractivity contribution < 1.29 is 0 Å². The third kappa shape index (κ3) is 7.37. The summed E-state index contributed by atoms with van der Waals surface area (Å²) >= 11 is 0. The van der Waals surface area contributed by atoms with Gasteiger partial charge in [0.15, 0.2) is 5.96 Å². The van der Waals surface area contributed by atoms with Crippen LogP contribution in [0.25, 0.3) is 5.69 Å². The highest BCUT2D eigenvalue weighted by atomic mass is 127. The Morgan fingerprint density at radius 2 is 1.71 bits per heavy atom. The predicted octanol–water partition coefficient (Wildman–Crippen LogP) is 3.80. The number of aromatic nitrogens is 4. The first-order valence-corrected chi connectivity index (χ1v) is 10.6. The zero-order valence-corrected chi connectivity index (χ0v) is 21.3. The van der Waals surface area contributed by atoms with Crippen LogP contribution in [0.3, 0.4) is 0 Å². The molecule has 7 nitrogen and oxygen atoms in total. The van der Waals surface area contributed by atoms with E-state index in [1.54, 1.807) is 0 Å². The number of hydrogen-bond acceptors (Lipinski definition) is 3. The minimum atomic E-state index is 0. The normalized spacial score (nSPS) is 11.3. The lowest BCUT2D eigenvalue weighted by atomic mass is 10.1. The molecule has 3 rings (SSSR count). The van der Waals surface area contributed by atoms with E-state index in [9.17, 15) is 0 Å². The largest absolute Gasteiger partial charge is 0.356 e. The van der Waals surface area contributed by atoms with Crippen molar-refractivity contribution >= 4 is 29.9 Å². The van der Waals surface area contributed by atoms with E-state index in [0.29, 0.717) is 0 Å². The van der Waals surface area contributed by atoms with Crippen molar-refractivity contribution in [3.8, 4) is 5.69 Å². The van der Waals surface area contributed by atoms with Crippen LogP contribution in [0.5, 0.6) is 0 Å². The third-order valence-electron chi connectivity index (χ3n) is 5.10. The number of nitrogens with zero attached hydrogens (tertiary/aromatic N) is 5. The van der Waals surface area contributed by atoms with Gasteiger partial charge in [-0.05, 0) is 63.8 Å². The number of nitrogens with one attached hydrogen (secondary N) is 2. The molecule has 1 aromatic carbocycles. The highest BCUT2D eigenvalue weighted by Gasteiger charge is 2.06. The maximum absolute atomic E-state index is 4.65. The van der Waals surface area contributed by atoms with Crippen molar-refractivity contribution in [3.05, 3.63) is 65.2 Å². The van der Waals surface area contributed by atoms with Gasteiger partial charge >= 0.3 is 0 Å². The zero-order valence-electron chi connectivity index (χ0n) is 18.9. The summed E-state index contributed by atoms with van der Waals surface area (Å²) in [6, 6.07) is 12.3. The summed E-state index contributed by atoms with van der Waals surface area (Å²) in [6.45, 7) is 8.84. The lowest BCUT2D eigenvalue weighted by Crippen LogP contribution is -2.38. The van der Waals surface area contributed by atoms with E-state index in [4.69, 9.17) is 0 Å². The van der Waals surface area contributed by atoms with Crippen LogP contribution in [0.1, 0.15) is 35.5 Å². The third-order valence-corrected chi connectivity index (χ3v) is 5.10. The SMILES string of the molecule is CN=C(NCCCc1cn(-c2ccccc2)nc1C)NCCCn1nc(C)cc1C.I. The first kappa shape index (κ1) is 24.9. The molecule has 0 fully saturated rings.